The first kappa shape index (κ1) is 7.77. The Balaban J connectivity index is 2.11. The van der Waals surface area contributed by atoms with Crippen LogP contribution in [-0.2, 0) is 0 Å². The highest BCUT2D eigenvalue weighted by molar-refractivity contribution is 5.24. The summed E-state index contributed by atoms with van der Waals surface area (Å²) in [4.78, 5) is 0. The zero-order chi connectivity index (χ0) is 8.39. The van der Waals surface area contributed by atoms with E-state index in [0.717, 1.165) is 13.1 Å². The highest BCUT2D eigenvalue weighted by atomic mass is 15.0. The number of nitrogens with one attached hydrogen (secondary N) is 1. The van der Waals surface area contributed by atoms with Gasteiger partial charge in [-0.15, -0.1) is 0 Å². The molecule has 64 valence electrons. The van der Waals surface area contributed by atoms with Gasteiger partial charge in [0.15, 0.2) is 0 Å². The maximum Gasteiger partial charge on any atom is 0.0271 e. The normalized spacial score (nSPS) is 28.1. The van der Waals surface area contributed by atoms with E-state index in [1.54, 1.807) is 0 Å². The van der Waals surface area contributed by atoms with Gasteiger partial charge in [0, 0.05) is 25.0 Å². The van der Waals surface area contributed by atoms with E-state index in [9.17, 15) is 0 Å². The summed E-state index contributed by atoms with van der Waals surface area (Å²) in [6, 6.07) is 11.1. The van der Waals surface area contributed by atoms with Crippen LogP contribution in [0.4, 0.5) is 0 Å². The molecule has 12 heavy (non-hydrogen) atoms. The van der Waals surface area contributed by atoms with Crippen LogP contribution < -0.4 is 11.1 Å². The van der Waals surface area contributed by atoms with Crippen LogP contribution in [0.2, 0.25) is 0 Å². The largest absolute Gasteiger partial charge is 0.329 e. The third-order valence-corrected chi connectivity index (χ3v) is 2.57. The summed E-state index contributed by atoms with van der Waals surface area (Å²) in [7, 11) is 0. The molecule has 0 aliphatic carbocycles. The van der Waals surface area contributed by atoms with Crippen LogP contribution in [0.3, 0.4) is 0 Å². The van der Waals surface area contributed by atoms with Crippen molar-refractivity contribution in [2.45, 2.75) is 12.0 Å². The van der Waals surface area contributed by atoms with Gasteiger partial charge in [0.2, 0.25) is 0 Å². The zero-order valence-corrected chi connectivity index (χ0v) is 7.03. The van der Waals surface area contributed by atoms with E-state index >= 15 is 0 Å². The lowest BCUT2D eigenvalue weighted by atomic mass is 9.85. The number of benzene rings is 1. The van der Waals surface area contributed by atoms with Crippen molar-refractivity contribution in [3.05, 3.63) is 35.9 Å². The van der Waals surface area contributed by atoms with Crippen LogP contribution >= 0.6 is 0 Å². The van der Waals surface area contributed by atoms with Crippen LogP contribution in [0.1, 0.15) is 11.5 Å². The van der Waals surface area contributed by atoms with E-state index in [1.807, 2.05) is 6.07 Å². The van der Waals surface area contributed by atoms with Crippen molar-refractivity contribution < 1.29 is 0 Å². The van der Waals surface area contributed by atoms with Gasteiger partial charge in [-0.2, -0.15) is 0 Å². The Morgan fingerprint density at radius 2 is 2.08 bits per heavy atom. The van der Waals surface area contributed by atoms with E-state index in [-0.39, 0.29) is 0 Å². The first-order valence-corrected chi connectivity index (χ1v) is 4.40. The van der Waals surface area contributed by atoms with Gasteiger partial charge >= 0.3 is 0 Å². The number of hydrogen-bond donors (Lipinski definition) is 2. The molecule has 1 saturated heterocycles. The van der Waals surface area contributed by atoms with Gasteiger partial charge in [-0.05, 0) is 5.56 Å². The van der Waals surface area contributed by atoms with Crippen molar-refractivity contribution in [1.29, 1.82) is 0 Å². The monoisotopic (exact) mass is 162 g/mol. The minimum absolute atomic E-state index is 0.493. The van der Waals surface area contributed by atoms with Crippen molar-refractivity contribution in [2.24, 2.45) is 5.73 Å². The quantitative estimate of drug-likeness (QED) is 0.672. The molecule has 0 radical (unpaired) electrons. The SMILES string of the molecule is NC[C@@H]1NC[C@H]1c1ccccc1. The van der Waals surface area contributed by atoms with Gasteiger partial charge in [0.1, 0.15) is 0 Å². The van der Waals surface area contributed by atoms with Gasteiger partial charge in [-0.1, -0.05) is 30.3 Å². The van der Waals surface area contributed by atoms with Crippen LogP contribution in [-0.4, -0.2) is 19.1 Å². The molecule has 0 unspecified atom stereocenters. The molecule has 0 spiro atoms. The second kappa shape index (κ2) is 3.25. The van der Waals surface area contributed by atoms with E-state index < -0.39 is 0 Å². The summed E-state index contributed by atoms with van der Waals surface area (Å²) in [5.74, 6) is 0.635. The van der Waals surface area contributed by atoms with Crippen LogP contribution in [0.15, 0.2) is 30.3 Å². The fraction of sp³-hybridized carbons (Fsp3) is 0.400. The Morgan fingerprint density at radius 3 is 2.58 bits per heavy atom. The molecule has 1 aromatic rings. The summed E-state index contributed by atoms with van der Waals surface area (Å²) in [6.45, 7) is 1.81. The molecular weight excluding hydrogens is 148 g/mol. The average Bonchev–Trinajstić information content (AvgIpc) is 2.05. The Morgan fingerprint density at radius 1 is 1.33 bits per heavy atom. The summed E-state index contributed by atoms with van der Waals surface area (Å²) < 4.78 is 0. The molecule has 2 nitrogen and oxygen atoms in total. The summed E-state index contributed by atoms with van der Waals surface area (Å²) in [5.41, 5.74) is 7.01. The highest BCUT2D eigenvalue weighted by Crippen LogP contribution is 2.24. The Kier molecular flexibility index (Phi) is 2.11. The Hall–Kier alpha value is -0.860. The lowest BCUT2D eigenvalue weighted by Crippen LogP contribution is -2.54. The minimum atomic E-state index is 0.493. The highest BCUT2D eigenvalue weighted by Gasteiger charge is 2.29. The van der Waals surface area contributed by atoms with Gasteiger partial charge in [-0.3, -0.25) is 0 Å². The average molecular weight is 162 g/mol. The second-order valence-corrected chi connectivity index (χ2v) is 3.27. The molecule has 0 saturated carbocycles. The van der Waals surface area contributed by atoms with Gasteiger partial charge in [0.25, 0.3) is 0 Å². The fourth-order valence-corrected chi connectivity index (χ4v) is 1.70. The predicted molar refractivity (Wildman–Crippen MR) is 50.0 cm³/mol. The molecule has 0 amide bonds. The maximum atomic E-state index is 5.60. The topological polar surface area (TPSA) is 38.0 Å². The summed E-state index contributed by atoms with van der Waals surface area (Å²) >= 11 is 0. The molecule has 2 heteroatoms. The summed E-state index contributed by atoms with van der Waals surface area (Å²) in [5, 5.41) is 3.32. The number of rotatable bonds is 2. The smallest absolute Gasteiger partial charge is 0.0271 e. The lowest BCUT2D eigenvalue weighted by Gasteiger charge is -2.37. The van der Waals surface area contributed by atoms with Crippen LogP contribution in [0.5, 0.6) is 0 Å². The molecule has 1 fully saturated rings. The standard InChI is InChI=1S/C10H14N2/c11-6-10-9(7-12-10)8-4-2-1-3-5-8/h1-5,9-10,12H,6-7,11H2/t9-,10-/m0/s1. The van der Waals surface area contributed by atoms with E-state index in [2.05, 4.69) is 29.6 Å². The van der Waals surface area contributed by atoms with E-state index in [0.29, 0.717) is 12.0 Å². The van der Waals surface area contributed by atoms with E-state index in [1.165, 1.54) is 5.56 Å². The molecule has 1 aliphatic heterocycles. The second-order valence-electron chi connectivity index (χ2n) is 3.27. The van der Waals surface area contributed by atoms with Crippen LogP contribution in [0.25, 0.3) is 0 Å². The van der Waals surface area contributed by atoms with Crippen molar-refractivity contribution in [3.8, 4) is 0 Å². The fourth-order valence-electron chi connectivity index (χ4n) is 1.70. The molecule has 2 rings (SSSR count). The number of nitrogens with two attached hydrogens (primary N) is 1. The van der Waals surface area contributed by atoms with Gasteiger partial charge < -0.3 is 11.1 Å². The molecule has 0 aromatic heterocycles. The molecule has 0 bridgehead atoms. The molecule has 1 aliphatic rings. The van der Waals surface area contributed by atoms with E-state index in [4.69, 9.17) is 5.73 Å². The third kappa shape index (κ3) is 1.24. The van der Waals surface area contributed by atoms with Crippen molar-refractivity contribution in [2.75, 3.05) is 13.1 Å². The predicted octanol–water partition coefficient (Wildman–Crippen LogP) is 0.701. The number of hydrogen-bond acceptors (Lipinski definition) is 2. The summed E-state index contributed by atoms with van der Waals surface area (Å²) in [6.07, 6.45) is 0. The third-order valence-electron chi connectivity index (χ3n) is 2.57. The maximum absolute atomic E-state index is 5.60. The Labute approximate surface area is 72.8 Å². The Bertz CT molecular complexity index is 243. The van der Waals surface area contributed by atoms with Crippen molar-refractivity contribution >= 4 is 0 Å². The van der Waals surface area contributed by atoms with Crippen molar-refractivity contribution in [1.82, 2.24) is 5.32 Å². The molecule has 1 aromatic carbocycles. The molecule has 3 N–H and O–H groups in total. The van der Waals surface area contributed by atoms with Crippen molar-refractivity contribution in [3.63, 3.8) is 0 Å². The van der Waals surface area contributed by atoms with Gasteiger partial charge in [0.05, 0.1) is 0 Å². The minimum Gasteiger partial charge on any atom is -0.329 e. The molecule has 1 heterocycles. The van der Waals surface area contributed by atoms with Crippen LogP contribution in [0, 0.1) is 0 Å². The first-order chi connectivity index (χ1) is 5.92. The first-order valence-electron chi connectivity index (χ1n) is 4.40. The zero-order valence-electron chi connectivity index (χ0n) is 7.03. The lowest BCUT2D eigenvalue weighted by molar-refractivity contribution is 0.318. The molecule has 2 atom stereocenters. The van der Waals surface area contributed by atoms with Gasteiger partial charge in [-0.25, -0.2) is 0 Å². The molecular formula is C10H14N2.